The lowest BCUT2D eigenvalue weighted by Crippen LogP contribution is -2.47. The van der Waals surface area contributed by atoms with Gasteiger partial charge < -0.3 is 4.90 Å². The average Bonchev–Trinajstić information content (AvgIpc) is 3.33. The van der Waals surface area contributed by atoms with Crippen LogP contribution in [0.4, 0.5) is 0 Å². The quantitative estimate of drug-likeness (QED) is 0.563. The Morgan fingerprint density at radius 2 is 1.81 bits per heavy atom. The zero-order valence-corrected chi connectivity index (χ0v) is 19.1. The minimum atomic E-state index is -3.00. The Morgan fingerprint density at radius 3 is 2.41 bits per heavy atom. The van der Waals surface area contributed by atoms with E-state index in [4.69, 9.17) is 0 Å². The maximum Gasteiger partial charge on any atom is 0.233 e. The summed E-state index contributed by atoms with van der Waals surface area (Å²) < 4.78 is 25.6. The molecule has 1 aromatic heterocycles. The number of hydrogen-bond acceptors (Lipinski definition) is 8. The van der Waals surface area contributed by atoms with Crippen molar-refractivity contribution in [3.05, 3.63) is 0 Å². The molecular weight excluding hydrogens is 422 g/mol. The van der Waals surface area contributed by atoms with Crippen LogP contribution < -0.4 is 0 Å². The van der Waals surface area contributed by atoms with E-state index >= 15 is 0 Å². The molecule has 0 spiro atoms. The van der Waals surface area contributed by atoms with Crippen LogP contribution in [0.2, 0.25) is 0 Å². The molecule has 0 radical (unpaired) electrons. The first-order valence-corrected chi connectivity index (χ1v) is 14.1. The molecule has 1 saturated heterocycles. The van der Waals surface area contributed by atoms with Gasteiger partial charge in [0.25, 0.3) is 0 Å². The number of rotatable bonds is 8. The van der Waals surface area contributed by atoms with Crippen molar-refractivity contribution >= 4 is 50.6 Å². The molecule has 2 heterocycles. The van der Waals surface area contributed by atoms with Gasteiger partial charge in [0.2, 0.25) is 5.91 Å². The van der Waals surface area contributed by atoms with E-state index in [9.17, 15) is 13.2 Å². The maximum absolute atomic E-state index is 13.0. The zero-order chi connectivity index (χ0) is 19.4. The molecule has 1 aromatic rings. The number of aromatic nitrogens is 2. The third kappa shape index (κ3) is 6.08. The number of hydrogen-bond donors (Lipinski definition) is 0. The summed E-state index contributed by atoms with van der Waals surface area (Å²) >= 11 is 4.65. The van der Waals surface area contributed by atoms with E-state index in [0.29, 0.717) is 18.1 Å². The van der Waals surface area contributed by atoms with Gasteiger partial charge >= 0.3 is 0 Å². The Labute approximate surface area is 174 Å². The lowest BCUT2D eigenvalue weighted by atomic mass is 10.1. The van der Waals surface area contributed by atoms with Gasteiger partial charge in [-0.2, -0.15) is 0 Å². The van der Waals surface area contributed by atoms with E-state index in [-0.39, 0.29) is 29.5 Å². The number of carbonyl (C=O) groups is 1. The summed E-state index contributed by atoms with van der Waals surface area (Å²) in [6.07, 6.45) is 4.79. The van der Waals surface area contributed by atoms with Crippen LogP contribution in [0.25, 0.3) is 0 Å². The highest BCUT2D eigenvalue weighted by molar-refractivity contribution is 8.03. The largest absolute Gasteiger partial charge is 0.335 e. The number of thioether (sulfide) groups is 2. The molecule has 1 aliphatic heterocycles. The fourth-order valence-corrected chi connectivity index (χ4v) is 8.21. The number of carbonyl (C=O) groups excluding carboxylic acids is 1. The molecule has 2 fully saturated rings. The summed E-state index contributed by atoms with van der Waals surface area (Å²) in [5.41, 5.74) is 0. The third-order valence-corrected chi connectivity index (χ3v) is 10.2. The Kier molecular flexibility index (Phi) is 7.49. The van der Waals surface area contributed by atoms with Gasteiger partial charge in [0.05, 0.1) is 17.3 Å². The van der Waals surface area contributed by atoms with Crippen molar-refractivity contribution in [2.75, 3.05) is 23.0 Å². The van der Waals surface area contributed by atoms with E-state index in [2.05, 4.69) is 24.0 Å². The summed E-state index contributed by atoms with van der Waals surface area (Å²) in [6, 6.07) is 0.0424. The summed E-state index contributed by atoms with van der Waals surface area (Å²) in [4.78, 5) is 14.9. The Bertz CT molecular complexity index is 744. The Balaban J connectivity index is 1.59. The van der Waals surface area contributed by atoms with Gasteiger partial charge in [0.1, 0.15) is 0 Å². The average molecular weight is 450 g/mol. The minimum absolute atomic E-state index is 0.0422. The number of sulfone groups is 1. The zero-order valence-electron chi connectivity index (χ0n) is 15.8. The standard InChI is InChI=1S/C17H27N3O3S4/c1-12(2)9-24-16-18-19-17(26-16)25-10-15(21)20(13-5-3-4-6-13)14-7-8-27(22,23)11-14/h12-14H,3-11H2,1-2H3/t14-/m0/s1. The van der Waals surface area contributed by atoms with Crippen molar-refractivity contribution in [2.45, 2.75) is 66.7 Å². The van der Waals surface area contributed by atoms with Gasteiger partial charge in [-0.25, -0.2) is 8.42 Å². The van der Waals surface area contributed by atoms with Crippen molar-refractivity contribution in [1.82, 2.24) is 15.1 Å². The van der Waals surface area contributed by atoms with Crippen molar-refractivity contribution in [3.8, 4) is 0 Å². The molecule has 1 amide bonds. The Hall–Kier alpha value is -0.320. The molecule has 2 aliphatic rings. The summed E-state index contributed by atoms with van der Waals surface area (Å²) in [7, 11) is -3.00. The fraction of sp³-hybridized carbons (Fsp3) is 0.824. The van der Waals surface area contributed by atoms with Crippen LogP contribution in [-0.4, -0.2) is 64.5 Å². The maximum atomic E-state index is 13.0. The first-order chi connectivity index (χ1) is 12.8. The fourth-order valence-electron chi connectivity index (χ4n) is 3.63. The second-order valence-electron chi connectivity index (χ2n) is 7.62. The second-order valence-corrected chi connectivity index (χ2v) is 13.3. The molecule has 1 atom stereocenters. The van der Waals surface area contributed by atoms with Gasteiger partial charge in [0.15, 0.2) is 18.5 Å². The monoisotopic (exact) mass is 449 g/mol. The summed E-state index contributed by atoms with van der Waals surface area (Å²) in [5, 5.41) is 8.38. The summed E-state index contributed by atoms with van der Waals surface area (Å²) in [6.45, 7) is 4.34. The van der Waals surface area contributed by atoms with Crippen LogP contribution in [-0.2, 0) is 14.6 Å². The SMILES string of the molecule is CC(C)CSc1nnc(SCC(=O)N(C2CCCC2)[C@H]2CCS(=O)(=O)C2)s1. The first kappa shape index (κ1) is 21.4. The van der Waals surface area contributed by atoms with Crippen LogP contribution in [0.1, 0.15) is 46.0 Å². The van der Waals surface area contributed by atoms with Gasteiger partial charge in [-0.05, 0) is 25.2 Å². The molecule has 152 valence electrons. The van der Waals surface area contributed by atoms with Gasteiger partial charge in [-0.15, -0.1) is 10.2 Å². The molecule has 6 nitrogen and oxygen atoms in total. The van der Waals surface area contributed by atoms with Crippen LogP contribution in [0.15, 0.2) is 8.68 Å². The Morgan fingerprint density at radius 1 is 1.15 bits per heavy atom. The molecule has 1 aliphatic carbocycles. The van der Waals surface area contributed by atoms with E-state index in [1.54, 1.807) is 11.8 Å². The predicted molar refractivity (Wildman–Crippen MR) is 112 cm³/mol. The van der Waals surface area contributed by atoms with E-state index in [0.717, 1.165) is 40.1 Å². The van der Waals surface area contributed by atoms with Crippen molar-refractivity contribution in [1.29, 1.82) is 0 Å². The lowest BCUT2D eigenvalue weighted by Gasteiger charge is -2.34. The third-order valence-electron chi connectivity index (χ3n) is 4.86. The van der Waals surface area contributed by atoms with Crippen LogP contribution in [0, 0.1) is 5.92 Å². The van der Waals surface area contributed by atoms with E-state index < -0.39 is 9.84 Å². The van der Waals surface area contributed by atoms with Crippen LogP contribution >= 0.6 is 34.9 Å². The van der Waals surface area contributed by atoms with Gasteiger partial charge in [0, 0.05) is 17.8 Å². The second kappa shape index (κ2) is 9.45. The van der Waals surface area contributed by atoms with Gasteiger partial charge in [-0.3, -0.25) is 4.79 Å². The van der Waals surface area contributed by atoms with Crippen molar-refractivity contribution < 1.29 is 13.2 Å². The molecule has 0 aromatic carbocycles. The molecular formula is C17H27N3O3S4. The van der Waals surface area contributed by atoms with E-state index in [1.165, 1.54) is 23.1 Å². The molecule has 27 heavy (non-hydrogen) atoms. The molecule has 0 N–H and O–H groups in total. The first-order valence-electron chi connectivity index (χ1n) is 9.45. The lowest BCUT2D eigenvalue weighted by molar-refractivity contribution is -0.132. The highest BCUT2D eigenvalue weighted by Gasteiger charge is 2.38. The minimum Gasteiger partial charge on any atom is -0.335 e. The van der Waals surface area contributed by atoms with Crippen molar-refractivity contribution in [3.63, 3.8) is 0 Å². The predicted octanol–water partition coefficient (Wildman–Crippen LogP) is 3.34. The smallest absolute Gasteiger partial charge is 0.233 e. The van der Waals surface area contributed by atoms with Gasteiger partial charge in [-0.1, -0.05) is 61.5 Å². The topological polar surface area (TPSA) is 80.2 Å². The highest BCUT2D eigenvalue weighted by Crippen LogP contribution is 2.32. The van der Waals surface area contributed by atoms with Crippen LogP contribution in [0.5, 0.6) is 0 Å². The normalized spacial score (nSPS) is 22.6. The highest BCUT2D eigenvalue weighted by atomic mass is 32.2. The molecule has 10 heteroatoms. The number of nitrogens with zero attached hydrogens (tertiary/aromatic N) is 3. The van der Waals surface area contributed by atoms with Crippen LogP contribution in [0.3, 0.4) is 0 Å². The summed E-state index contributed by atoms with van der Waals surface area (Å²) in [5.74, 6) is 2.27. The molecule has 0 unspecified atom stereocenters. The molecule has 3 rings (SSSR count). The number of amides is 1. The van der Waals surface area contributed by atoms with Crippen molar-refractivity contribution in [2.24, 2.45) is 5.92 Å². The molecule has 1 saturated carbocycles. The molecule has 0 bridgehead atoms. The van der Waals surface area contributed by atoms with E-state index in [1.807, 2.05) is 4.90 Å².